The molecule has 0 amide bonds. The van der Waals surface area contributed by atoms with E-state index in [-0.39, 0.29) is 17.3 Å². The van der Waals surface area contributed by atoms with Crippen LogP contribution < -0.4 is 5.32 Å². The first kappa shape index (κ1) is 14.2. The highest BCUT2D eigenvalue weighted by atomic mass is 35.5. The summed E-state index contributed by atoms with van der Waals surface area (Å²) in [5, 5.41) is 3.45. The van der Waals surface area contributed by atoms with E-state index in [0.717, 1.165) is 18.6 Å². The summed E-state index contributed by atoms with van der Waals surface area (Å²) in [6, 6.07) is 3.67. The van der Waals surface area contributed by atoms with Crippen LogP contribution >= 0.6 is 11.6 Å². The van der Waals surface area contributed by atoms with Crippen LogP contribution in [0.25, 0.3) is 0 Å². The minimum absolute atomic E-state index is 0.109. The van der Waals surface area contributed by atoms with Gasteiger partial charge in [0.05, 0.1) is 18.4 Å². The number of nitrogens with zero attached hydrogens (tertiary/aromatic N) is 2. The molecule has 1 aliphatic rings. The van der Waals surface area contributed by atoms with E-state index in [4.69, 9.17) is 16.3 Å². The van der Waals surface area contributed by atoms with Crippen LogP contribution in [0.15, 0.2) is 30.6 Å². The first-order valence-electron chi connectivity index (χ1n) is 6.44. The van der Waals surface area contributed by atoms with E-state index >= 15 is 0 Å². The molecule has 2 heterocycles. The van der Waals surface area contributed by atoms with Crippen molar-refractivity contribution < 1.29 is 13.5 Å². The van der Waals surface area contributed by atoms with Gasteiger partial charge >= 0.3 is 0 Å². The van der Waals surface area contributed by atoms with Crippen LogP contribution in [-0.2, 0) is 4.74 Å². The largest absolute Gasteiger partial charge is 0.371 e. The zero-order valence-corrected chi connectivity index (χ0v) is 11.6. The van der Waals surface area contributed by atoms with Crippen LogP contribution in [0.5, 0.6) is 0 Å². The Hall–Kier alpha value is -1.79. The van der Waals surface area contributed by atoms with E-state index < -0.39 is 11.6 Å². The summed E-state index contributed by atoms with van der Waals surface area (Å²) in [5.74, 6) is -1.24. The van der Waals surface area contributed by atoms with Gasteiger partial charge in [0.15, 0.2) is 11.6 Å². The van der Waals surface area contributed by atoms with Gasteiger partial charge in [-0.2, -0.15) is 0 Å². The fraction of sp³-hybridized carbons (Fsp3) is 0.286. The molecule has 0 bridgehead atoms. The van der Waals surface area contributed by atoms with Crippen LogP contribution in [0.4, 0.5) is 14.6 Å². The first-order valence-corrected chi connectivity index (χ1v) is 6.82. The van der Waals surface area contributed by atoms with Crippen LogP contribution in [-0.4, -0.2) is 22.6 Å². The molecule has 0 aliphatic carbocycles. The molecular formula is C14H12ClF2N3O. The Kier molecular flexibility index (Phi) is 3.98. The average Bonchev–Trinajstić information content (AvgIpc) is 2.90. The van der Waals surface area contributed by atoms with Crippen molar-refractivity contribution in [1.29, 1.82) is 0 Å². The molecule has 1 aromatic heterocycles. The standard InChI is InChI=1S/C14H12ClF2N3O/c15-12-6-18-7-13(20-12)19-11-3-4-21-14(11)8-1-2-9(16)10(17)5-8/h1-2,5-7,11,14H,3-4H2,(H,19,20). The molecule has 2 aromatic rings. The zero-order valence-electron chi connectivity index (χ0n) is 10.9. The number of rotatable bonds is 3. The van der Waals surface area contributed by atoms with Crippen molar-refractivity contribution in [3.8, 4) is 0 Å². The van der Waals surface area contributed by atoms with Gasteiger partial charge in [-0.1, -0.05) is 17.7 Å². The van der Waals surface area contributed by atoms with Crippen molar-refractivity contribution in [3.05, 3.63) is 52.9 Å². The average molecular weight is 312 g/mol. The fourth-order valence-corrected chi connectivity index (χ4v) is 2.50. The maximum absolute atomic E-state index is 13.3. The molecule has 1 fully saturated rings. The number of halogens is 3. The van der Waals surface area contributed by atoms with Gasteiger partial charge in [-0.05, 0) is 24.1 Å². The molecule has 110 valence electrons. The topological polar surface area (TPSA) is 47.0 Å². The van der Waals surface area contributed by atoms with Gasteiger partial charge in [0.25, 0.3) is 0 Å². The predicted molar refractivity (Wildman–Crippen MR) is 74.1 cm³/mol. The summed E-state index contributed by atoms with van der Waals surface area (Å²) in [6.45, 7) is 0.523. The van der Waals surface area contributed by atoms with Crippen molar-refractivity contribution in [3.63, 3.8) is 0 Å². The van der Waals surface area contributed by atoms with Crippen molar-refractivity contribution >= 4 is 17.4 Å². The van der Waals surface area contributed by atoms with Gasteiger partial charge in [-0.15, -0.1) is 0 Å². The first-order chi connectivity index (χ1) is 10.1. The summed E-state index contributed by atoms with van der Waals surface area (Å²) >= 11 is 5.79. The normalized spacial score (nSPS) is 21.5. The molecule has 2 atom stereocenters. The minimum Gasteiger partial charge on any atom is -0.371 e. The number of ether oxygens (including phenoxy) is 1. The van der Waals surface area contributed by atoms with Crippen molar-refractivity contribution in [2.45, 2.75) is 18.6 Å². The van der Waals surface area contributed by atoms with E-state index in [2.05, 4.69) is 15.3 Å². The monoisotopic (exact) mass is 311 g/mol. The molecule has 1 N–H and O–H groups in total. The minimum atomic E-state index is -0.885. The Morgan fingerprint density at radius 3 is 2.86 bits per heavy atom. The second-order valence-electron chi connectivity index (χ2n) is 4.73. The molecular weight excluding hydrogens is 300 g/mol. The van der Waals surface area contributed by atoms with Gasteiger partial charge in [0.1, 0.15) is 17.1 Å². The van der Waals surface area contributed by atoms with Crippen LogP contribution in [0.2, 0.25) is 5.15 Å². The Morgan fingerprint density at radius 1 is 1.24 bits per heavy atom. The Labute approximate surface area is 125 Å². The number of hydrogen-bond donors (Lipinski definition) is 1. The fourth-order valence-electron chi connectivity index (χ4n) is 2.36. The molecule has 4 nitrogen and oxygen atoms in total. The van der Waals surface area contributed by atoms with Crippen LogP contribution in [0, 0.1) is 11.6 Å². The Bertz CT molecular complexity index is 656. The highest BCUT2D eigenvalue weighted by Gasteiger charge is 2.30. The van der Waals surface area contributed by atoms with Crippen LogP contribution in [0.3, 0.4) is 0 Å². The van der Waals surface area contributed by atoms with Gasteiger partial charge in [0, 0.05) is 6.61 Å². The maximum Gasteiger partial charge on any atom is 0.159 e. The van der Waals surface area contributed by atoms with Crippen molar-refractivity contribution in [2.75, 3.05) is 11.9 Å². The summed E-state index contributed by atoms with van der Waals surface area (Å²) in [5.41, 5.74) is 0.582. The third kappa shape index (κ3) is 3.11. The Morgan fingerprint density at radius 2 is 2.10 bits per heavy atom. The van der Waals surface area contributed by atoms with E-state index in [0.29, 0.717) is 18.0 Å². The van der Waals surface area contributed by atoms with Gasteiger partial charge in [-0.25, -0.2) is 13.8 Å². The highest BCUT2D eigenvalue weighted by Crippen LogP contribution is 2.31. The molecule has 3 rings (SSSR count). The SMILES string of the molecule is Fc1ccc(C2OCCC2Nc2cncc(Cl)n2)cc1F. The predicted octanol–water partition coefficient (Wildman–Crippen LogP) is 3.35. The molecule has 2 unspecified atom stereocenters. The Balaban J connectivity index is 1.80. The molecule has 1 aromatic carbocycles. The quantitative estimate of drug-likeness (QED) is 0.944. The third-order valence-corrected chi connectivity index (χ3v) is 3.48. The van der Waals surface area contributed by atoms with E-state index in [1.54, 1.807) is 6.20 Å². The molecule has 0 radical (unpaired) electrons. The zero-order chi connectivity index (χ0) is 14.8. The summed E-state index contributed by atoms with van der Waals surface area (Å²) in [7, 11) is 0. The highest BCUT2D eigenvalue weighted by molar-refractivity contribution is 6.29. The van der Waals surface area contributed by atoms with Crippen molar-refractivity contribution in [2.24, 2.45) is 0 Å². The second kappa shape index (κ2) is 5.91. The number of benzene rings is 1. The number of hydrogen-bond acceptors (Lipinski definition) is 4. The maximum atomic E-state index is 13.3. The molecule has 21 heavy (non-hydrogen) atoms. The molecule has 0 saturated carbocycles. The third-order valence-electron chi connectivity index (χ3n) is 3.30. The number of aromatic nitrogens is 2. The van der Waals surface area contributed by atoms with E-state index in [9.17, 15) is 8.78 Å². The van der Waals surface area contributed by atoms with Crippen LogP contribution in [0.1, 0.15) is 18.1 Å². The van der Waals surface area contributed by atoms with Gasteiger partial charge in [-0.3, -0.25) is 4.98 Å². The lowest BCUT2D eigenvalue weighted by molar-refractivity contribution is 0.107. The molecule has 0 spiro atoms. The second-order valence-corrected chi connectivity index (χ2v) is 5.12. The van der Waals surface area contributed by atoms with E-state index in [1.807, 2.05) is 0 Å². The lowest BCUT2D eigenvalue weighted by Gasteiger charge is -2.20. The van der Waals surface area contributed by atoms with Crippen molar-refractivity contribution in [1.82, 2.24) is 9.97 Å². The van der Waals surface area contributed by atoms with Gasteiger partial charge in [0.2, 0.25) is 0 Å². The lowest BCUT2D eigenvalue weighted by Crippen LogP contribution is -2.24. The van der Waals surface area contributed by atoms with Gasteiger partial charge < -0.3 is 10.1 Å². The number of anilines is 1. The molecule has 1 aliphatic heterocycles. The number of nitrogens with one attached hydrogen (secondary N) is 1. The lowest BCUT2D eigenvalue weighted by atomic mass is 10.0. The molecule has 7 heteroatoms. The molecule has 1 saturated heterocycles. The van der Waals surface area contributed by atoms with E-state index in [1.165, 1.54) is 12.3 Å². The summed E-state index contributed by atoms with van der Waals surface area (Å²) in [6.07, 6.45) is 3.33. The smallest absolute Gasteiger partial charge is 0.159 e. The summed E-state index contributed by atoms with van der Waals surface area (Å²) in [4.78, 5) is 8.04. The summed E-state index contributed by atoms with van der Waals surface area (Å²) < 4.78 is 32.0.